The first-order chi connectivity index (χ1) is 16.8. The summed E-state index contributed by atoms with van der Waals surface area (Å²) in [5.74, 6) is 1.18. The molecule has 5 N–H and O–H groups in total. The third-order valence-electron chi connectivity index (χ3n) is 4.20. The predicted octanol–water partition coefficient (Wildman–Crippen LogP) is 6.55. The maximum atomic E-state index is 8.32. The molecule has 0 aliphatic rings. The number of nitrogens with zero attached hydrogens (tertiary/aromatic N) is 3. The Bertz CT molecular complexity index is 997. The summed E-state index contributed by atoms with van der Waals surface area (Å²) in [6.07, 6.45) is 2.11. The van der Waals surface area contributed by atoms with Crippen LogP contribution in [0.5, 0.6) is 0 Å². The van der Waals surface area contributed by atoms with Crippen molar-refractivity contribution in [2.75, 3.05) is 30.6 Å². The van der Waals surface area contributed by atoms with Crippen molar-refractivity contribution in [1.82, 2.24) is 15.0 Å². The lowest BCUT2D eigenvalue weighted by molar-refractivity contribution is 0.276. The molecule has 0 aliphatic heterocycles. The van der Waals surface area contributed by atoms with Crippen LogP contribution >= 0.6 is 43.7 Å². The first-order valence-corrected chi connectivity index (χ1v) is 14.4. The highest BCUT2D eigenvalue weighted by molar-refractivity contribution is 7.99. The van der Waals surface area contributed by atoms with Crippen LogP contribution in [0.4, 0.5) is 10.9 Å². The molecule has 196 valence electrons. The molecule has 2 atom stereocenters. The molecule has 3 aromatic rings. The Labute approximate surface area is 223 Å². The summed E-state index contributed by atoms with van der Waals surface area (Å²) < 4.78 is 6.08. The predicted molar refractivity (Wildman–Crippen MR) is 153 cm³/mol. The summed E-state index contributed by atoms with van der Waals surface area (Å²) in [5.41, 5.74) is 7.72. The van der Waals surface area contributed by atoms with E-state index in [0.29, 0.717) is 29.8 Å². The lowest BCUT2D eigenvalue weighted by Gasteiger charge is -2.12. The van der Waals surface area contributed by atoms with E-state index in [0.717, 1.165) is 39.2 Å². The van der Waals surface area contributed by atoms with Gasteiger partial charge in [-0.3, -0.25) is 0 Å². The van der Waals surface area contributed by atoms with Crippen LogP contribution in [-0.4, -0.2) is 45.0 Å². The summed E-state index contributed by atoms with van der Waals surface area (Å²) in [4.78, 5) is 13.4. The first kappa shape index (κ1) is 31.8. The number of aliphatic hydroxyl groups excluding tert-OH is 2. The number of benzene rings is 1. The fourth-order valence-corrected chi connectivity index (χ4v) is 5.26. The molecular weight excluding hydrogens is 525 g/mol. The number of nitrogens with two attached hydrogens (primary N) is 1. The number of hydrogen-bond acceptors (Lipinski definition) is 10. The molecule has 0 radical (unpaired) electrons. The number of nitrogen functional groups attached to an aromatic ring is 1. The van der Waals surface area contributed by atoms with Crippen molar-refractivity contribution in [2.24, 2.45) is 5.92 Å². The smallest absolute Gasteiger partial charge is 0.192 e. The van der Waals surface area contributed by atoms with Gasteiger partial charge in [0.05, 0.1) is 0 Å². The lowest BCUT2D eigenvalue weighted by atomic mass is 10.1. The maximum Gasteiger partial charge on any atom is 0.192 e. The van der Waals surface area contributed by atoms with Crippen molar-refractivity contribution in [3.8, 4) is 0 Å². The second kappa shape index (κ2) is 18.1. The van der Waals surface area contributed by atoms with Gasteiger partial charge < -0.3 is 25.6 Å². The molecule has 0 saturated carbocycles. The monoisotopic (exact) mass is 561 g/mol. The van der Waals surface area contributed by atoms with Crippen molar-refractivity contribution in [1.29, 1.82) is 0 Å². The molecule has 2 unspecified atom stereocenters. The van der Waals surface area contributed by atoms with E-state index in [1.54, 1.807) is 6.92 Å². The minimum atomic E-state index is 0.0983. The van der Waals surface area contributed by atoms with Crippen molar-refractivity contribution < 1.29 is 14.7 Å². The Morgan fingerprint density at radius 2 is 1.86 bits per heavy atom. The Kier molecular flexibility index (Phi) is 16.4. The Hall–Kier alpha value is -1.26. The fourth-order valence-electron chi connectivity index (χ4n) is 2.61. The summed E-state index contributed by atoms with van der Waals surface area (Å²) in [7, 11) is 0.153. The van der Waals surface area contributed by atoms with Gasteiger partial charge in [0.25, 0.3) is 0 Å². The van der Waals surface area contributed by atoms with Crippen LogP contribution in [0.3, 0.4) is 0 Å². The molecule has 0 amide bonds. The molecule has 0 bridgehead atoms. The number of thiazole rings is 1. The summed E-state index contributed by atoms with van der Waals surface area (Å²) in [5, 5.41) is 21.1. The average molecular weight is 562 g/mol. The molecule has 0 aliphatic carbocycles. The number of aromatic nitrogens is 3. The van der Waals surface area contributed by atoms with Gasteiger partial charge in [-0.05, 0) is 51.2 Å². The van der Waals surface area contributed by atoms with E-state index in [1.807, 2.05) is 31.2 Å². The maximum absolute atomic E-state index is 8.32. The van der Waals surface area contributed by atoms with E-state index < -0.39 is 0 Å². The highest BCUT2D eigenvalue weighted by Crippen LogP contribution is 2.38. The number of hydrogen-bond donors (Lipinski definition) is 4. The van der Waals surface area contributed by atoms with E-state index in [4.69, 9.17) is 32.1 Å². The molecule has 2 heterocycles. The van der Waals surface area contributed by atoms with Crippen molar-refractivity contribution in [3.63, 3.8) is 0 Å². The van der Waals surface area contributed by atoms with Gasteiger partial charge in [0.15, 0.2) is 15.9 Å². The zero-order valence-corrected chi connectivity index (χ0v) is 24.3. The van der Waals surface area contributed by atoms with Crippen LogP contribution in [0.15, 0.2) is 29.4 Å². The molecule has 2 aromatic heterocycles. The quantitative estimate of drug-likeness (QED) is 0.0943. The standard InChI is InChI=1S/C15H17ClN5OPS2.C6H14O.C2H6O/c1-3-22-23-21-15-20-13-11(25-15)12(17)18-14(19-13)24-8(2)9-6-4-5-7-10(9)16;1-6(2)4-3-5-7;1-2-3/h4-8,23H,3H2,1-2H3,(H3,17,18,19,20,21);6-7H,3-5H2,1-2H3;3H,2H2,1H3. The highest BCUT2D eigenvalue weighted by atomic mass is 35.5. The van der Waals surface area contributed by atoms with E-state index in [9.17, 15) is 0 Å². The average Bonchev–Trinajstić information content (AvgIpc) is 3.22. The largest absolute Gasteiger partial charge is 0.397 e. The van der Waals surface area contributed by atoms with Gasteiger partial charge in [-0.15, -0.1) is 0 Å². The normalized spacial score (nSPS) is 11.8. The molecule has 8 nitrogen and oxygen atoms in total. The topological polar surface area (TPSA) is 126 Å². The molecule has 0 fully saturated rings. The SMILES string of the molecule is CC(C)CCCO.CCO.CCOPNc1nc2nc(SC(C)c3ccccc3Cl)nc(N)c2s1. The van der Waals surface area contributed by atoms with E-state index >= 15 is 0 Å². The van der Waals surface area contributed by atoms with Gasteiger partial charge in [0.1, 0.15) is 19.5 Å². The lowest BCUT2D eigenvalue weighted by Crippen LogP contribution is -1.97. The number of anilines is 2. The third-order valence-corrected chi connectivity index (χ3v) is 7.48. The minimum Gasteiger partial charge on any atom is -0.397 e. The number of rotatable bonds is 10. The van der Waals surface area contributed by atoms with Crippen LogP contribution in [0, 0.1) is 5.92 Å². The van der Waals surface area contributed by atoms with Gasteiger partial charge >= 0.3 is 0 Å². The molecular formula is C23H37ClN5O3PS2. The number of fused-ring (bicyclic) bond motifs is 1. The number of thioether (sulfide) groups is 1. The zero-order valence-electron chi connectivity index (χ0n) is 20.9. The van der Waals surface area contributed by atoms with Gasteiger partial charge in [-0.1, -0.05) is 66.7 Å². The van der Waals surface area contributed by atoms with E-state index in [2.05, 4.69) is 40.8 Å². The van der Waals surface area contributed by atoms with Gasteiger partial charge in [-0.2, -0.15) is 4.98 Å². The second-order valence-corrected chi connectivity index (χ2v) is 11.0. The van der Waals surface area contributed by atoms with Crippen LogP contribution in [0.25, 0.3) is 10.3 Å². The third kappa shape index (κ3) is 12.0. The number of aliphatic hydroxyl groups is 2. The Morgan fingerprint density at radius 3 is 2.43 bits per heavy atom. The molecule has 0 saturated heterocycles. The van der Waals surface area contributed by atoms with Crippen LogP contribution in [-0.2, 0) is 4.52 Å². The van der Waals surface area contributed by atoms with E-state index in [1.165, 1.54) is 23.1 Å². The Balaban J connectivity index is 0.000000521. The van der Waals surface area contributed by atoms with Crippen molar-refractivity contribution in [2.45, 2.75) is 57.9 Å². The summed E-state index contributed by atoms with van der Waals surface area (Å²) in [6.45, 7) is 11.3. The van der Waals surface area contributed by atoms with Crippen LogP contribution < -0.4 is 10.8 Å². The molecule has 12 heteroatoms. The van der Waals surface area contributed by atoms with Gasteiger partial charge in [0, 0.05) is 30.1 Å². The van der Waals surface area contributed by atoms with Crippen molar-refractivity contribution >= 4 is 65.0 Å². The summed E-state index contributed by atoms with van der Waals surface area (Å²) >= 11 is 9.20. The van der Waals surface area contributed by atoms with Crippen LogP contribution in [0.1, 0.15) is 58.3 Å². The minimum absolute atomic E-state index is 0.0983. The molecule has 1 aromatic carbocycles. The molecule has 0 spiro atoms. The highest BCUT2D eigenvalue weighted by Gasteiger charge is 2.16. The summed E-state index contributed by atoms with van der Waals surface area (Å²) in [6, 6.07) is 7.76. The zero-order chi connectivity index (χ0) is 26.2. The number of nitrogens with one attached hydrogen (secondary N) is 1. The molecule has 35 heavy (non-hydrogen) atoms. The van der Waals surface area contributed by atoms with Gasteiger partial charge in [-0.25, -0.2) is 9.97 Å². The van der Waals surface area contributed by atoms with Crippen molar-refractivity contribution in [3.05, 3.63) is 34.9 Å². The van der Waals surface area contributed by atoms with Gasteiger partial charge in [0.2, 0.25) is 0 Å². The van der Waals surface area contributed by atoms with Crippen LogP contribution in [0.2, 0.25) is 5.02 Å². The second-order valence-electron chi connectivity index (χ2n) is 7.58. The van der Waals surface area contributed by atoms with E-state index in [-0.39, 0.29) is 20.8 Å². The fraction of sp³-hybridized carbons (Fsp3) is 0.522. The molecule has 3 rings (SSSR count). The Morgan fingerprint density at radius 1 is 1.17 bits per heavy atom. The number of halogens is 1. The first-order valence-electron chi connectivity index (χ1n) is 11.5.